The first-order valence-electron chi connectivity index (χ1n) is 6.20. The van der Waals surface area contributed by atoms with Crippen LogP contribution in [0.3, 0.4) is 0 Å². The highest BCUT2D eigenvalue weighted by Gasteiger charge is 2.31. The van der Waals surface area contributed by atoms with E-state index in [-0.39, 0.29) is 11.6 Å². The number of nitrogens with two attached hydrogens (primary N) is 1. The predicted octanol–water partition coefficient (Wildman–Crippen LogP) is 3.75. The lowest BCUT2D eigenvalue weighted by molar-refractivity contribution is -0.137. The van der Waals surface area contributed by atoms with E-state index in [0.717, 1.165) is 23.3 Å². The Bertz CT molecular complexity index is 653. The number of hydrazine groups is 1. The lowest BCUT2D eigenvalue weighted by atomic mass is 10.1. The minimum atomic E-state index is -4.46. The number of benzene rings is 1. The van der Waals surface area contributed by atoms with Gasteiger partial charge in [-0.25, -0.2) is 10.8 Å². The van der Waals surface area contributed by atoms with E-state index in [1.54, 1.807) is 6.07 Å². The normalized spacial score (nSPS) is 11.3. The summed E-state index contributed by atoms with van der Waals surface area (Å²) in [7, 11) is 0. The van der Waals surface area contributed by atoms with Crippen molar-refractivity contribution in [2.45, 2.75) is 20.0 Å². The summed E-state index contributed by atoms with van der Waals surface area (Å²) >= 11 is 0. The van der Waals surface area contributed by atoms with Crippen LogP contribution in [0.1, 0.15) is 16.7 Å². The summed E-state index contributed by atoms with van der Waals surface area (Å²) < 4.78 is 38.4. The summed E-state index contributed by atoms with van der Waals surface area (Å²) in [5.74, 6) is 5.17. The molecule has 0 bridgehead atoms. The minimum absolute atomic E-state index is 0.0591. The fourth-order valence-electron chi connectivity index (χ4n) is 1.80. The Hall–Kier alpha value is -2.28. The number of alkyl halides is 3. The minimum Gasteiger partial charge on any atom is -0.340 e. The number of aryl methyl sites for hydroxylation is 2. The molecule has 0 radical (unpaired) electrons. The number of hydrogen-bond acceptors (Lipinski definition) is 4. The Kier molecular flexibility index (Phi) is 4.04. The molecular weight excluding hydrogens is 281 g/mol. The van der Waals surface area contributed by atoms with E-state index in [9.17, 15) is 13.2 Å². The van der Waals surface area contributed by atoms with Gasteiger partial charge in [0.15, 0.2) is 0 Å². The Labute approximate surface area is 120 Å². The third kappa shape index (κ3) is 3.63. The second-order valence-corrected chi connectivity index (χ2v) is 4.69. The number of rotatable bonds is 3. The van der Waals surface area contributed by atoms with E-state index in [0.29, 0.717) is 5.69 Å². The molecular formula is C14H15F3N4. The van der Waals surface area contributed by atoms with E-state index >= 15 is 0 Å². The molecule has 2 rings (SSSR count). The molecule has 7 heteroatoms. The Balaban J connectivity index is 2.36. The van der Waals surface area contributed by atoms with Crippen LogP contribution in [0.15, 0.2) is 30.3 Å². The van der Waals surface area contributed by atoms with E-state index in [1.165, 1.54) is 0 Å². The lowest BCUT2D eigenvalue weighted by Gasteiger charge is -2.13. The number of nitrogens with one attached hydrogen (secondary N) is 2. The van der Waals surface area contributed by atoms with E-state index in [2.05, 4.69) is 15.7 Å². The van der Waals surface area contributed by atoms with Crippen LogP contribution in [0, 0.1) is 13.8 Å². The first-order valence-corrected chi connectivity index (χ1v) is 6.20. The molecule has 4 nitrogen and oxygen atoms in total. The average molecular weight is 296 g/mol. The molecule has 0 saturated heterocycles. The van der Waals surface area contributed by atoms with Crippen molar-refractivity contribution >= 4 is 17.3 Å². The number of anilines is 3. The van der Waals surface area contributed by atoms with Crippen molar-refractivity contribution in [2.24, 2.45) is 5.84 Å². The summed E-state index contributed by atoms with van der Waals surface area (Å²) in [5, 5.41) is 2.85. The molecule has 0 amide bonds. The lowest BCUT2D eigenvalue weighted by Crippen LogP contribution is -2.13. The molecule has 0 fully saturated rings. The number of hydrogen-bond donors (Lipinski definition) is 3. The summed E-state index contributed by atoms with van der Waals surface area (Å²) in [6.45, 7) is 3.88. The summed E-state index contributed by atoms with van der Waals surface area (Å²) in [5.41, 5.74) is 4.10. The molecule has 0 spiro atoms. The second kappa shape index (κ2) is 5.61. The van der Waals surface area contributed by atoms with Crippen LogP contribution >= 0.6 is 0 Å². The van der Waals surface area contributed by atoms with Gasteiger partial charge in [-0.15, -0.1) is 0 Å². The van der Waals surface area contributed by atoms with Gasteiger partial charge >= 0.3 is 6.18 Å². The monoisotopic (exact) mass is 296 g/mol. The van der Waals surface area contributed by atoms with Crippen molar-refractivity contribution < 1.29 is 13.2 Å². The number of aromatic nitrogens is 1. The van der Waals surface area contributed by atoms with Gasteiger partial charge in [-0.3, -0.25) is 0 Å². The van der Waals surface area contributed by atoms with E-state index in [1.807, 2.05) is 26.0 Å². The molecule has 1 aromatic heterocycles. The third-order valence-corrected chi connectivity index (χ3v) is 3.08. The standard InChI is InChI=1S/C14H15F3N4/c1-8-3-4-11(5-9(8)2)19-12-6-10(14(15,16)17)7-13(20-12)21-18/h3-7H,18H2,1-2H3,(H2,19,20,21). The van der Waals surface area contributed by atoms with Crippen LogP contribution in [0.2, 0.25) is 0 Å². The van der Waals surface area contributed by atoms with Gasteiger partial charge in [-0.1, -0.05) is 6.07 Å². The summed E-state index contributed by atoms with van der Waals surface area (Å²) in [4.78, 5) is 3.97. The molecule has 2 aromatic rings. The first kappa shape index (κ1) is 15.1. The Morgan fingerprint density at radius 1 is 1.00 bits per heavy atom. The molecule has 0 aliphatic carbocycles. The van der Waals surface area contributed by atoms with Crippen molar-refractivity contribution in [1.29, 1.82) is 0 Å². The molecule has 4 N–H and O–H groups in total. The third-order valence-electron chi connectivity index (χ3n) is 3.08. The van der Waals surface area contributed by atoms with Crippen LogP contribution in [0.4, 0.5) is 30.5 Å². The van der Waals surface area contributed by atoms with Crippen molar-refractivity contribution in [1.82, 2.24) is 4.98 Å². The zero-order valence-corrected chi connectivity index (χ0v) is 11.5. The molecule has 0 unspecified atom stereocenters. The average Bonchev–Trinajstić information content (AvgIpc) is 2.41. The summed E-state index contributed by atoms with van der Waals surface area (Å²) in [6.07, 6.45) is -4.46. The van der Waals surface area contributed by atoms with E-state index < -0.39 is 11.7 Å². The molecule has 0 aliphatic rings. The number of nitrogen functional groups attached to an aromatic ring is 1. The smallest absolute Gasteiger partial charge is 0.340 e. The second-order valence-electron chi connectivity index (χ2n) is 4.69. The van der Waals surface area contributed by atoms with Crippen LogP contribution in [-0.4, -0.2) is 4.98 Å². The predicted molar refractivity (Wildman–Crippen MR) is 76.2 cm³/mol. The quantitative estimate of drug-likeness (QED) is 0.596. The first-order chi connectivity index (χ1) is 9.79. The van der Waals surface area contributed by atoms with Crippen LogP contribution in [0.25, 0.3) is 0 Å². The van der Waals surface area contributed by atoms with Gasteiger partial charge < -0.3 is 10.7 Å². The van der Waals surface area contributed by atoms with Gasteiger partial charge in [0.25, 0.3) is 0 Å². The molecule has 1 aromatic carbocycles. The SMILES string of the molecule is Cc1ccc(Nc2cc(C(F)(F)F)cc(NN)n2)cc1C. The largest absolute Gasteiger partial charge is 0.416 e. The fourth-order valence-corrected chi connectivity index (χ4v) is 1.80. The Morgan fingerprint density at radius 2 is 1.67 bits per heavy atom. The highest BCUT2D eigenvalue weighted by atomic mass is 19.4. The highest BCUT2D eigenvalue weighted by molar-refractivity contribution is 5.61. The zero-order chi connectivity index (χ0) is 15.6. The zero-order valence-electron chi connectivity index (χ0n) is 11.5. The van der Waals surface area contributed by atoms with Crippen molar-refractivity contribution in [2.75, 3.05) is 10.7 Å². The Morgan fingerprint density at radius 3 is 2.24 bits per heavy atom. The number of pyridine rings is 1. The topological polar surface area (TPSA) is 63.0 Å². The number of halogens is 3. The summed E-state index contributed by atoms with van der Waals surface area (Å²) in [6, 6.07) is 7.29. The van der Waals surface area contributed by atoms with Gasteiger partial charge in [0, 0.05) is 5.69 Å². The maximum atomic E-state index is 12.8. The maximum Gasteiger partial charge on any atom is 0.416 e. The molecule has 112 valence electrons. The van der Waals surface area contributed by atoms with Gasteiger partial charge in [0.2, 0.25) is 0 Å². The molecule has 0 atom stereocenters. The van der Waals surface area contributed by atoms with Crippen LogP contribution in [0.5, 0.6) is 0 Å². The van der Waals surface area contributed by atoms with Gasteiger partial charge in [-0.05, 0) is 49.2 Å². The van der Waals surface area contributed by atoms with Gasteiger partial charge in [0.1, 0.15) is 11.6 Å². The van der Waals surface area contributed by atoms with Crippen molar-refractivity contribution in [3.05, 3.63) is 47.0 Å². The van der Waals surface area contributed by atoms with Crippen molar-refractivity contribution in [3.63, 3.8) is 0 Å². The molecule has 0 saturated carbocycles. The van der Waals surface area contributed by atoms with Crippen LogP contribution < -0.4 is 16.6 Å². The van der Waals surface area contributed by atoms with Crippen molar-refractivity contribution in [3.8, 4) is 0 Å². The van der Waals surface area contributed by atoms with Gasteiger partial charge in [-0.2, -0.15) is 13.2 Å². The maximum absolute atomic E-state index is 12.8. The van der Waals surface area contributed by atoms with Crippen LogP contribution in [-0.2, 0) is 6.18 Å². The molecule has 1 heterocycles. The van der Waals surface area contributed by atoms with E-state index in [4.69, 9.17) is 5.84 Å². The molecule has 0 aliphatic heterocycles. The van der Waals surface area contributed by atoms with Gasteiger partial charge in [0.05, 0.1) is 5.56 Å². The number of nitrogens with zero attached hydrogens (tertiary/aromatic N) is 1. The molecule has 21 heavy (non-hydrogen) atoms. The fraction of sp³-hybridized carbons (Fsp3) is 0.214. The highest BCUT2D eigenvalue weighted by Crippen LogP contribution is 2.32.